The molecule has 2 amide bonds. The largest absolute Gasteiger partial charge is 0.383 e. The number of ether oxygens (including phenoxy) is 2. The van der Waals surface area contributed by atoms with E-state index in [9.17, 15) is 9.59 Å². The number of morpholine rings is 1. The summed E-state index contributed by atoms with van der Waals surface area (Å²) in [5, 5.41) is 5.15. The van der Waals surface area contributed by atoms with Crippen molar-refractivity contribution in [2.45, 2.75) is 18.4 Å². The van der Waals surface area contributed by atoms with E-state index in [1.807, 2.05) is 41.8 Å². The molecule has 2 aliphatic heterocycles. The Kier molecular flexibility index (Phi) is 7.91. The number of methoxy groups -OCH3 is 1. The number of rotatable bonds is 9. The van der Waals surface area contributed by atoms with Crippen molar-refractivity contribution >= 4 is 23.2 Å². The summed E-state index contributed by atoms with van der Waals surface area (Å²) in [6.07, 6.45) is 0.885. The van der Waals surface area contributed by atoms with Crippen molar-refractivity contribution in [2.24, 2.45) is 0 Å². The van der Waals surface area contributed by atoms with Crippen molar-refractivity contribution in [3.05, 3.63) is 57.8 Å². The standard InChI is InChI=1S/C24H31N3O4S/c1-30-14-13-27-22(20-8-4-17-32-20)21(18-6-2-3-7-19(18)24(27)29)23(28)25-9-5-10-26-11-15-31-16-12-26/h2-4,6-8,17,21-22H,5,9-16H2,1H3,(H,25,28)/t21-,22+/m0/s1. The lowest BCUT2D eigenvalue weighted by Gasteiger charge is -2.41. The number of carbonyl (C=O) groups excluding carboxylic acids is 2. The van der Waals surface area contributed by atoms with Gasteiger partial charge in [0, 0.05) is 43.7 Å². The van der Waals surface area contributed by atoms with Gasteiger partial charge in [-0.05, 0) is 36.0 Å². The first kappa shape index (κ1) is 22.9. The van der Waals surface area contributed by atoms with Gasteiger partial charge in [0.1, 0.15) is 0 Å². The lowest BCUT2D eigenvalue weighted by molar-refractivity contribution is -0.124. The van der Waals surface area contributed by atoms with Gasteiger partial charge >= 0.3 is 0 Å². The maximum atomic E-state index is 13.5. The molecule has 2 aromatic rings. The van der Waals surface area contributed by atoms with Crippen LogP contribution < -0.4 is 5.32 Å². The predicted molar refractivity (Wildman–Crippen MR) is 124 cm³/mol. The number of amides is 2. The zero-order valence-corrected chi connectivity index (χ0v) is 19.3. The van der Waals surface area contributed by atoms with Gasteiger partial charge < -0.3 is 19.7 Å². The topological polar surface area (TPSA) is 71.1 Å². The molecule has 0 radical (unpaired) electrons. The normalized spacial score (nSPS) is 21.4. The van der Waals surface area contributed by atoms with E-state index in [1.54, 1.807) is 23.3 Å². The van der Waals surface area contributed by atoms with Crippen LogP contribution in [0, 0.1) is 0 Å². The highest BCUT2D eigenvalue weighted by Gasteiger charge is 2.44. The first-order valence-electron chi connectivity index (χ1n) is 11.2. The molecule has 8 heteroatoms. The van der Waals surface area contributed by atoms with E-state index in [0.29, 0.717) is 25.3 Å². The molecule has 3 heterocycles. The molecule has 2 atom stereocenters. The second kappa shape index (κ2) is 11.0. The average molecular weight is 458 g/mol. The van der Waals surface area contributed by atoms with E-state index >= 15 is 0 Å². The second-order valence-corrected chi connectivity index (χ2v) is 9.09. The van der Waals surface area contributed by atoms with Crippen LogP contribution in [0.15, 0.2) is 41.8 Å². The molecule has 1 aromatic heterocycles. The molecular formula is C24H31N3O4S. The Morgan fingerprint density at radius 2 is 2.00 bits per heavy atom. The fourth-order valence-corrected chi connectivity index (χ4v) is 5.41. The van der Waals surface area contributed by atoms with E-state index in [1.165, 1.54) is 0 Å². The first-order valence-corrected chi connectivity index (χ1v) is 12.1. The maximum Gasteiger partial charge on any atom is 0.254 e. The number of hydrogen-bond acceptors (Lipinski definition) is 6. The zero-order valence-electron chi connectivity index (χ0n) is 18.5. The van der Waals surface area contributed by atoms with Crippen molar-refractivity contribution in [3.63, 3.8) is 0 Å². The Hall–Kier alpha value is -2.26. The number of carbonyl (C=O) groups is 2. The van der Waals surface area contributed by atoms with Crippen LogP contribution in [-0.4, -0.2) is 81.3 Å². The molecule has 1 aromatic carbocycles. The number of nitrogens with one attached hydrogen (secondary N) is 1. The third kappa shape index (κ3) is 5.04. The predicted octanol–water partition coefficient (Wildman–Crippen LogP) is 2.51. The molecule has 0 spiro atoms. The lowest BCUT2D eigenvalue weighted by Crippen LogP contribution is -2.48. The van der Waals surface area contributed by atoms with Gasteiger partial charge in [0.2, 0.25) is 5.91 Å². The summed E-state index contributed by atoms with van der Waals surface area (Å²) < 4.78 is 10.7. The maximum absolute atomic E-state index is 13.5. The van der Waals surface area contributed by atoms with Crippen molar-refractivity contribution in [2.75, 3.05) is 59.7 Å². The summed E-state index contributed by atoms with van der Waals surface area (Å²) in [5.41, 5.74) is 1.40. The third-order valence-electron chi connectivity index (χ3n) is 6.15. The molecule has 0 unspecified atom stereocenters. The van der Waals surface area contributed by atoms with Crippen LogP contribution in [0.4, 0.5) is 0 Å². The van der Waals surface area contributed by atoms with E-state index in [0.717, 1.165) is 49.7 Å². The minimum absolute atomic E-state index is 0.0345. The van der Waals surface area contributed by atoms with Crippen LogP contribution in [0.3, 0.4) is 0 Å². The summed E-state index contributed by atoms with van der Waals surface area (Å²) in [7, 11) is 1.63. The average Bonchev–Trinajstić information content (AvgIpc) is 3.36. The molecule has 0 bridgehead atoms. The summed E-state index contributed by atoms with van der Waals surface area (Å²) in [5.74, 6) is -0.539. The number of fused-ring (bicyclic) bond motifs is 1. The molecule has 0 aliphatic carbocycles. The van der Waals surface area contributed by atoms with Gasteiger partial charge in [-0.3, -0.25) is 14.5 Å². The first-order chi connectivity index (χ1) is 15.7. The quantitative estimate of drug-likeness (QED) is 0.586. The van der Waals surface area contributed by atoms with Crippen molar-refractivity contribution in [3.8, 4) is 0 Å². The minimum atomic E-state index is -0.456. The summed E-state index contributed by atoms with van der Waals surface area (Å²) in [6, 6.07) is 11.1. The van der Waals surface area contributed by atoms with Gasteiger partial charge in [-0.25, -0.2) is 0 Å². The molecular weight excluding hydrogens is 426 g/mol. The Labute approximate surface area is 193 Å². The van der Waals surface area contributed by atoms with E-state index in [4.69, 9.17) is 9.47 Å². The molecule has 32 heavy (non-hydrogen) atoms. The number of benzene rings is 1. The molecule has 0 saturated carbocycles. The Morgan fingerprint density at radius 3 is 2.75 bits per heavy atom. The van der Waals surface area contributed by atoms with Crippen LogP contribution >= 0.6 is 11.3 Å². The van der Waals surface area contributed by atoms with E-state index in [-0.39, 0.29) is 17.9 Å². The van der Waals surface area contributed by atoms with Crippen LogP contribution in [0.1, 0.15) is 39.2 Å². The second-order valence-electron chi connectivity index (χ2n) is 8.12. The molecule has 1 N–H and O–H groups in total. The summed E-state index contributed by atoms with van der Waals surface area (Å²) >= 11 is 1.58. The van der Waals surface area contributed by atoms with Gasteiger partial charge in [-0.2, -0.15) is 0 Å². The molecule has 1 saturated heterocycles. The monoisotopic (exact) mass is 457 g/mol. The van der Waals surface area contributed by atoms with Crippen LogP contribution in [0.25, 0.3) is 0 Å². The molecule has 1 fully saturated rings. The number of nitrogens with zero attached hydrogens (tertiary/aromatic N) is 2. The molecule has 2 aliphatic rings. The minimum Gasteiger partial charge on any atom is -0.383 e. The fourth-order valence-electron chi connectivity index (χ4n) is 4.54. The fraction of sp³-hybridized carbons (Fsp3) is 0.500. The van der Waals surface area contributed by atoms with Crippen LogP contribution in [0.2, 0.25) is 0 Å². The van der Waals surface area contributed by atoms with Gasteiger partial charge in [-0.1, -0.05) is 24.3 Å². The Bertz CT molecular complexity index is 898. The van der Waals surface area contributed by atoms with E-state index < -0.39 is 5.92 Å². The molecule has 7 nitrogen and oxygen atoms in total. The third-order valence-corrected chi connectivity index (χ3v) is 7.09. The smallest absolute Gasteiger partial charge is 0.254 e. The summed E-state index contributed by atoms with van der Waals surface area (Å²) in [4.78, 5) is 32.1. The molecule has 172 valence electrons. The Balaban J connectivity index is 1.54. The van der Waals surface area contributed by atoms with Crippen LogP contribution in [-0.2, 0) is 14.3 Å². The molecule has 4 rings (SSSR count). The van der Waals surface area contributed by atoms with Gasteiger partial charge in [0.25, 0.3) is 5.91 Å². The van der Waals surface area contributed by atoms with Gasteiger partial charge in [-0.15, -0.1) is 11.3 Å². The highest BCUT2D eigenvalue weighted by atomic mass is 32.1. The Morgan fingerprint density at radius 1 is 1.19 bits per heavy atom. The SMILES string of the molecule is COCCN1C(=O)c2ccccc2[C@H](C(=O)NCCCN2CCOCC2)[C@H]1c1cccs1. The summed E-state index contributed by atoms with van der Waals surface area (Å²) in [6.45, 7) is 5.85. The van der Waals surface area contributed by atoms with Crippen LogP contribution in [0.5, 0.6) is 0 Å². The lowest BCUT2D eigenvalue weighted by atomic mass is 9.81. The van der Waals surface area contributed by atoms with Crippen molar-refractivity contribution in [1.82, 2.24) is 15.1 Å². The highest BCUT2D eigenvalue weighted by Crippen LogP contribution is 2.44. The van der Waals surface area contributed by atoms with Crippen molar-refractivity contribution < 1.29 is 19.1 Å². The number of hydrogen-bond donors (Lipinski definition) is 1. The van der Waals surface area contributed by atoms with Gasteiger partial charge in [0.15, 0.2) is 0 Å². The van der Waals surface area contributed by atoms with Gasteiger partial charge in [0.05, 0.1) is 31.8 Å². The number of thiophene rings is 1. The van der Waals surface area contributed by atoms with Crippen molar-refractivity contribution in [1.29, 1.82) is 0 Å². The zero-order chi connectivity index (χ0) is 22.3. The van der Waals surface area contributed by atoms with E-state index in [2.05, 4.69) is 10.2 Å². The highest BCUT2D eigenvalue weighted by molar-refractivity contribution is 7.10.